The first-order chi connectivity index (χ1) is 9.65. The molecule has 0 spiro atoms. The largest absolute Gasteiger partial charge is 0.497 e. The van der Waals surface area contributed by atoms with Gasteiger partial charge in [0.25, 0.3) is 0 Å². The van der Waals surface area contributed by atoms with Crippen LogP contribution in [0, 0.1) is 11.3 Å². The Kier molecular flexibility index (Phi) is 3.53. The third-order valence-corrected chi connectivity index (χ3v) is 5.80. The first-order valence-electron chi connectivity index (χ1n) is 8.05. The lowest BCUT2D eigenvalue weighted by molar-refractivity contribution is -0.0180. The van der Waals surface area contributed by atoms with E-state index in [9.17, 15) is 0 Å². The van der Waals surface area contributed by atoms with Crippen LogP contribution in [0.2, 0.25) is 0 Å². The van der Waals surface area contributed by atoms with E-state index in [4.69, 9.17) is 4.74 Å². The first-order valence-corrected chi connectivity index (χ1v) is 8.05. The van der Waals surface area contributed by atoms with Crippen LogP contribution in [-0.2, 0) is 6.42 Å². The molecular weight excluding hydrogens is 246 g/mol. The predicted octanol–water partition coefficient (Wildman–Crippen LogP) is 3.75. The van der Waals surface area contributed by atoms with Gasteiger partial charge < -0.3 is 10.1 Å². The minimum Gasteiger partial charge on any atom is -0.497 e. The van der Waals surface area contributed by atoms with E-state index in [1.165, 1.54) is 19.3 Å². The van der Waals surface area contributed by atoms with Crippen molar-refractivity contribution < 1.29 is 4.74 Å². The van der Waals surface area contributed by atoms with Gasteiger partial charge in [-0.2, -0.15) is 0 Å². The van der Waals surface area contributed by atoms with Gasteiger partial charge in [-0.05, 0) is 66.3 Å². The number of benzene rings is 1. The number of methoxy groups -OCH3 is 1. The van der Waals surface area contributed by atoms with E-state index in [1.54, 1.807) is 18.2 Å². The second-order valence-corrected chi connectivity index (χ2v) is 6.70. The van der Waals surface area contributed by atoms with Gasteiger partial charge in [-0.25, -0.2) is 0 Å². The van der Waals surface area contributed by atoms with Gasteiger partial charge in [0.2, 0.25) is 0 Å². The minimum absolute atomic E-state index is 0.400. The molecule has 1 N–H and O–H groups in total. The molecule has 0 radical (unpaired) electrons. The number of hydrogen-bond acceptors (Lipinski definition) is 2. The van der Waals surface area contributed by atoms with Crippen LogP contribution in [0.1, 0.15) is 50.7 Å². The lowest BCUT2D eigenvalue weighted by atomic mass is 9.50. The summed E-state index contributed by atoms with van der Waals surface area (Å²) in [5.41, 5.74) is 3.49. The standard InChI is InChI=1S/C18H27NO/c1-5-9-19-17-15-10-12-7-8-13(20-4)11-14(12)16(15)18(17,3)6-2/h7-8,11,15-17,19H,5-6,9-10H2,1-4H3. The molecule has 2 aliphatic carbocycles. The molecule has 1 saturated carbocycles. The molecule has 0 aromatic heterocycles. The summed E-state index contributed by atoms with van der Waals surface area (Å²) >= 11 is 0. The molecule has 20 heavy (non-hydrogen) atoms. The average molecular weight is 273 g/mol. The Morgan fingerprint density at radius 3 is 2.80 bits per heavy atom. The summed E-state index contributed by atoms with van der Waals surface area (Å²) in [6.45, 7) is 8.20. The van der Waals surface area contributed by atoms with Crippen LogP contribution >= 0.6 is 0 Å². The van der Waals surface area contributed by atoms with E-state index in [-0.39, 0.29) is 0 Å². The van der Waals surface area contributed by atoms with Crippen molar-refractivity contribution in [1.82, 2.24) is 5.32 Å². The van der Waals surface area contributed by atoms with Gasteiger partial charge in [-0.1, -0.05) is 26.8 Å². The zero-order valence-electron chi connectivity index (χ0n) is 13.2. The second-order valence-electron chi connectivity index (χ2n) is 6.70. The van der Waals surface area contributed by atoms with E-state index in [1.807, 2.05) is 0 Å². The van der Waals surface area contributed by atoms with E-state index in [0.29, 0.717) is 17.4 Å². The number of rotatable bonds is 5. The van der Waals surface area contributed by atoms with Gasteiger partial charge in [0, 0.05) is 6.04 Å². The van der Waals surface area contributed by atoms with Crippen LogP contribution in [0.25, 0.3) is 0 Å². The van der Waals surface area contributed by atoms with Gasteiger partial charge in [-0.15, -0.1) is 0 Å². The third-order valence-electron chi connectivity index (χ3n) is 5.80. The Balaban J connectivity index is 1.90. The van der Waals surface area contributed by atoms with Crippen LogP contribution in [0.3, 0.4) is 0 Å². The molecule has 1 fully saturated rings. The SMILES string of the molecule is CCCNC1C2Cc3ccc(OC)cc3C2C1(C)CC. The Bertz CT molecular complexity index is 498. The molecule has 2 aliphatic rings. The Morgan fingerprint density at radius 2 is 2.15 bits per heavy atom. The van der Waals surface area contributed by atoms with Crippen molar-refractivity contribution in [2.45, 2.75) is 52.0 Å². The van der Waals surface area contributed by atoms with Crippen LogP contribution < -0.4 is 10.1 Å². The zero-order valence-corrected chi connectivity index (χ0v) is 13.2. The molecule has 4 unspecified atom stereocenters. The molecular formula is C18H27NO. The smallest absolute Gasteiger partial charge is 0.119 e. The zero-order chi connectivity index (χ0) is 14.3. The van der Waals surface area contributed by atoms with Crippen LogP contribution in [0.5, 0.6) is 5.75 Å². The Morgan fingerprint density at radius 1 is 1.35 bits per heavy atom. The fourth-order valence-electron chi connectivity index (χ4n) is 4.62. The average Bonchev–Trinajstić information content (AvgIpc) is 2.81. The summed E-state index contributed by atoms with van der Waals surface area (Å²) in [6.07, 6.45) is 3.70. The molecule has 0 bridgehead atoms. The Hall–Kier alpha value is -1.02. The quantitative estimate of drug-likeness (QED) is 0.882. The highest BCUT2D eigenvalue weighted by atomic mass is 16.5. The highest BCUT2D eigenvalue weighted by Gasteiger charge is 2.60. The molecule has 0 saturated heterocycles. The maximum Gasteiger partial charge on any atom is 0.119 e. The van der Waals surface area contributed by atoms with Crippen LogP contribution in [0.15, 0.2) is 18.2 Å². The molecule has 1 aromatic rings. The number of ether oxygens (including phenoxy) is 1. The fraction of sp³-hybridized carbons (Fsp3) is 0.667. The lowest BCUT2D eigenvalue weighted by Gasteiger charge is -2.58. The van der Waals surface area contributed by atoms with Crippen molar-refractivity contribution in [3.05, 3.63) is 29.3 Å². The fourth-order valence-corrected chi connectivity index (χ4v) is 4.62. The summed E-state index contributed by atoms with van der Waals surface area (Å²) in [6, 6.07) is 7.35. The molecule has 1 aromatic carbocycles. The molecule has 0 amide bonds. The maximum absolute atomic E-state index is 5.43. The van der Waals surface area contributed by atoms with Crippen molar-refractivity contribution >= 4 is 0 Å². The summed E-state index contributed by atoms with van der Waals surface area (Å²) in [5.74, 6) is 2.51. The summed E-state index contributed by atoms with van der Waals surface area (Å²) in [4.78, 5) is 0. The molecule has 4 atom stereocenters. The normalized spacial score (nSPS) is 34.3. The third kappa shape index (κ3) is 1.81. The molecule has 0 heterocycles. The molecule has 110 valence electrons. The van der Waals surface area contributed by atoms with E-state index >= 15 is 0 Å². The highest BCUT2D eigenvalue weighted by molar-refractivity contribution is 5.47. The van der Waals surface area contributed by atoms with Crippen molar-refractivity contribution in [3.8, 4) is 5.75 Å². The minimum atomic E-state index is 0.400. The monoisotopic (exact) mass is 273 g/mol. The van der Waals surface area contributed by atoms with Gasteiger partial charge in [-0.3, -0.25) is 0 Å². The molecule has 3 rings (SSSR count). The predicted molar refractivity (Wildman–Crippen MR) is 83.4 cm³/mol. The van der Waals surface area contributed by atoms with E-state index in [2.05, 4.69) is 44.3 Å². The number of fused-ring (bicyclic) bond motifs is 3. The van der Waals surface area contributed by atoms with Crippen molar-refractivity contribution in [2.24, 2.45) is 11.3 Å². The maximum atomic E-state index is 5.43. The molecule has 2 heteroatoms. The summed E-state index contributed by atoms with van der Waals surface area (Å²) in [7, 11) is 1.76. The van der Waals surface area contributed by atoms with Crippen molar-refractivity contribution in [1.29, 1.82) is 0 Å². The molecule has 0 aliphatic heterocycles. The summed E-state index contributed by atoms with van der Waals surface area (Å²) in [5, 5.41) is 3.81. The number of hydrogen-bond donors (Lipinski definition) is 1. The van der Waals surface area contributed by atoms with Gasteiger partial charge in [0.1, 0.15) is 5.75 Å². The summed E-state index contributed by atoms with van der Waals surface area (Å²) < 4.78 is 5.43. The first kappa shape index (κ1) is 13.9. The van der Waals surface area contributed by atoms with Crippen LogP contribution in [0.4, 0.5) is 0 Å². The van der Waals surface area contributed by atoms with E-state index in [0.717, 1.165) is 18.2 Å². The van der Waals surface area contributed by atoms with Gasteiger partial charge >= 0.3 is 0 Å². The lowest BCUT2D eigenvalue weighted by Crippen LogP contribution is -2.62. The topological polar surface area (TPSA) is 21.3 Å². The van der Waals surface area contributed by atoms with E-state index < -0.39 is 0 Å². The highest BCUT2D eigenvalue weighted by Crippen LogP contribution is 2.63. The van der Waals surface area contributed by atoms with Crippen molar-refractivity contribution in [3.63, 3.8) is 0 Å². The van der Waals surface area contributed by atoms with Gasteiger partial charge in [0.05, 0.1) is 7.11 Å². The molecule has 2 nitrogen and oxygen atoms in total. The Labute approximate surface area is 122 Å². The van der Waals surface area contributed by atoms with Gasteiger partial charge in [0.15, 0.2) is 0 Å². The number of nitrogens with one attached hydrogen (secondary N) is 1. The van der Waals surface area contributed by atoms with Crippen LogP contribution in [-0.4, -0.2) is 19.7 Å². The van der Waals surface area contributed by atoms with Crippen molar-refractivity contribution in [2.75, 3.05) is 13.7 Å². The second kappa shape index (κ2) is 5.07.